The fourth-order valence-corrected chi connectivity index (χ4v) is 9.63. The van der Waals surface area contributed by atoms with Crippen LogP contribution >= 0.6 is 21.2 Å². The monoisotopic (exact) mass is 774 g/mol. The molecule has 255 valence electrons. The van der Waals surface area contributed by atoms with E-state index in [4.69, 9.17) is 9.47 Å². The van der Waals surface area contributed by atoms with Crippen molar-refractivity contribution in [3.8, 4) is 0 Å². The number of nitrogens with zero attached hydrogens (tertiary/aromatic N) is 1. The van der Waals surface area contributed by atoms with Gasteiger partial charge in [-0.05, 0) is 82.7 Å². The van der Waals surface area contributed by atoms with Crippen molar-refractivity contribution < 1.29 is 40.6 Å². The number of halogens is 7. The van der Waals surface area contributed by atoms with Crippen molar-refractivity contribution in [1.29, 1.82) is 0 Å². The molecule has 4 nitrogen and oxygen atoms in total. The summed E-state index contributed by atoms with van der Waals surface area (Å²) in [6.45, 7) is 7.01. The molecule has 3 aromatic rings. The van der Waals surface area contributed by atoms with Gasteiger partial charge in [0.15, 0.2) is 0 Å². The highest BCUT2D eigenvalue weighted by molar-refractivity contribution is 14.2. The SMILES string of the molecule is CC(c1ccccc1)N1[C@H]2CCC[C@@]1(c1ccccc1)C[C@@H]2OCC([I]c1cc(C(F)(F)F)cc(C(F)(F)F)c1)C(=O)OC(C)(C)C. The highest BCUT2D eigenvalue weighted by Gasteiger charge is 2.56. The molecule has 2 saturated heterocycles. The van der Waals surface area contributed by atoms with Crippen molar-refractivity contribution in [1.82, 2.24) is 4.90 Å². The Labute approximate surface area is 282 Å². The Morgan fingerprint density at radius 3 is 2.04 bits per heavy atom. The van der Waals surface area contributed by atoms with E-state index in [-0.39, 0.29) is 40.0 Å². The van der Waals surface area contributed by atoms with Crippen molar-refractivity contribution in [2.24, 2.45) is 0 Å². The highest BCUT2D eigenvalue weighted by atomic mass is 127. The molecule has 11 heteroatoms. The second-order valence-electron chi connectivity index (χ2n) is 13.3. The van der Waals surface area contributed by atoms with Gasteiger partial charge < -0.3 is 9.47 Å². The summed E-state index contributed by atoms with van der Waals surface area (Å²) >= 11 is -1.73. The maximum absolute atomic E-state index is 13.7. The summed E-state index contributed by atoms with van der Waals surface area (Å²) in [5.74, 6) is -0.690. The fourth-order valence-electron chi connectivity index (χ4n) is 6.96. The van der Waals surface area contributed by atoms with Crippen LogP contribution in [0.5, 0.6) is 0 Å². The normalized spacial score (nSPS) is 23.4. The molecule has 0 spiro atoms. The minimum Gasteiger partial charge on any atom is -0.459 e. The largest absolute Gasteiger partial charge is 0.459 e. The van der Waals surface area contributed by atoms with Gasteiger partial charge in [-0.2, -0.15) is 26.3 Å². The van der Waals surface area contributed by atoms with E-state index in [2.05, 4.69) is 36.1 Å². The highest BCUT2D eigenvalue weighted by Crippen LogP contribution is 2.55. The van der Waals surface area contributed by atoms with Crippen molar-refractivity contribution in [2.45, 2.75) is 99.0 Å². The second kappa shape index (κ2) is 13.7. The average Bonchev–Trinajstić information content (AvgIpc) is 3.19. The quantitative estimate of drug-likeness (QED) is 0.0940. The summed E-state index contributed by atoms with van der Waals surface area (Å²) in [6, 6.07) is 22.0. The van der Waals surface area contributed by atoms with Gasteiger partial charge >= 0.3 is 18.3 Å². The molecule has 47 heavy (non-hydrogen) atoms. The van der Waals surface area contributed by atoms with E-state index in [0.29, 0.717) is 6.42 Å². The predicted octanol–water partition coefficient (Wildman–Crippen LogP) is 9.87. The molecule has 5 atom stereocenters. The lowest BCUT2D eigenvalue weighted by molar-refractivity contribution is -0.155. The van der Waals surface area contributed by atoms with Gasteiger partial charge in [0, 0.05) is 21.2 Å². The number of benzene rings is 3. The smallest absolute Gasteiger partial charge is 0.416 e. The van der Waals surface area contributed by atoms with E-state index in [0.717, 1.165) is 37.0 Å². The Bertz CT molecular complexity index is 1490. The first-order chi connectivity index (χ1) is 22.0. The van der Waals surface area contributed by atoms with Crippen LogP contribution in [0.15, 0.2) is 78.9 Å². The first kappa shape index (κ1) is 35.7. The number of hydrogen-bond donors (Lipinski definition) is 0. The van der Waals surface area contributed by atoms with Crippen LogP contribution in [0, 0.1) is 3.57 Å². The van der Waals surface area contributed by atoms with Crippen LogP contribution < -0.4 is 0 Å². The molecule has 0 aliphatic carbocycles. The molecule has 0 N–H and O–H groups in total. The van der Waals surface area contributed by atoms with Crippen LogP contribution in [0.2, 0.25) is 0 Å². The van der Waals surface area contributed by atoms with E-state index in [1.807, 2.05) is 36.4 Å². The van der Waals surface area contributed by atoms with Crippen LogP contribution in [0.4, 0.5) is 26.3 Å². The van der Waals surface area contributed by atoms with E-state index < -0.39 is 60.2 Å². The minimum atomic E-state index is -4.98. The number of carbonyl (C=O) groups is 1. The third-order valence-electron chi connectivity index (χ3n) is 8.85. The Balaban J connectivity index is 1.47. The third kappa shape index (κ3) is 8.16. The second-order valence-corrected chi connectivity index (χ2v) is 16.6. The van der Waals surface area contributed by atoms with Gasteiger partial charge in [-0.25, -0.2) is 0 Å². The Kier molecular flexibility index (Phi) is 10.4. The number of alkyl halides is 7. The van der Waals surface area contributed by atoms with Gasteiger partial charge in [-0.1, -0.05) is 81.9 Å². The average molecular weight is 775 g/mol. The first-order valence-corrected chi connectivity index (χ1v) is 18.0. The van der Waals surface area contributed by atoms with Gasteiger partial charge in [0.1, 0.15) is 9.53 Å². The number of hydrogen-bond acceptors (Lipinski definition) is 4. The summed E-state index contributed by atoms with van der Waals surface area (Å²) in [5, 5.41) is 0. The standard InChI is InChI=1S/C36H39F6INO3/c1-23(24-12-7-5-8-13-24)44-30-16-11-17-34(44,25-14-9-6-10-15-25)21-31(30)46-22-29(32(45)47-33(2,3)4)43-28-19-26(35(37,38)39)18-27(20-28)36(40,41)42/h5-10,12-15,18-20,23,29-31H,11,16-17,21-22H2,1-4H3/t23?,29?,30-,31-,34-/m0/s1. The van der Waals surface area contributed by atoms with Crippen LogP contribution in [0.3, 0.4) is 0 Å². The lowest BCUT2D eigenvalue weighted by Gasteiger charge is -2.48. The summed E-state index contributed by atoms with van der Waals surface area (Å²) < 4.78 is 93.0. The molecule has 2 unspecified atom stereocenters. The fraction of sp³-hybridized carbons (Fsp3) is 0.472. The van der Waals surface area contributed by atoms with Crippen LogP contribution in [-0.2, 0) is 32.2 Å². The van der Waals surface area contributed by atoms with Gasteiger partial charge in [-0.15, -0.1) is 0 Å². The van der Waals surface area contributed by atoms with Crippen LogP contribution in [0.25, 0.3) is 0 Å². The summed E-state index contributed by atoms with van der Waals surface area (Å²) in [7, 11) is 0. The number of ether oxygens (including phenoxy) is 2. The van der Waals surface area contributed by atoms with E-state index >= 15 is 0 Å². The molecule has 2 heterocycles. The van der Waals surface area contributed by atoms with Gasteiger partial charge in [0.2, 0.25) is 0 Å². The molecule has 1 radical (unpaired) electrons. The zero-order valence-corrected chi connectivity index (χ0v) is 28.8. The van der Waals surface area contributed by atoms with Crippen LogP contribution in [-0.4, -0.2) is 39.1 Å². The van der Waals surface area contributed by atoms with Crippen molar-refractivity contribution in [3.63, 3.8) is 0 Å². The van der Waals surface area contributed by atoms with Gasteiger partial charge in [0.05, 0.1) is 23.8 Å². The lowest BCUT2D eigenvalue weighted by atomic mass is 9.80. The van der Waals surface area contributed by atoms with Crippen LogP contribution in [0.1, 0.15) is 81.7 Å². The van der Waals surface area contributed by atoms with E-state index in [1.165, 1.54) is 5.56 Å². The predicted molar refractivity (Wildman–Crippen MR) is 176 cm³/mol. The van der Waals surface area contributed by atoms with Crippen molar-refractivity contribution in [2.75, 3.05) is 6.61 Å². The summed E-state index contributed by atoms with van der Waals surface area (Å²) in [6.07, 6.45) is -6.93. The molecule has 0 amide bonds. The number of carbonyl (C=O) groups excluding carboxylic acids is 1. The summed E-state index contributed by atoms with van der Waals surface area (Å²) in [5.41, 5.74) is -1.73. The maximum atomic E-state index is 13.7. The number of fused-ring (bicyclic) bond motifs is 2. The Hall–Kier alpha value is -2.64. The first-order valence-electron chi connectivity index (χ1n) is 15.6. The molecule has 0 aromatic heterocycles. The van der Waals surface area contributed by atoms with Crippen molar-refractivity contribution in [3.05, 3.63) is 105 Å². The zero-order valence-electron chi connectivity index (χ0n) is 26.7. The van der Waals surface area contributed by atoms with E-state index in [1.54, 1.807) is 20.8 Å². The Morgan fingerprint density at radius 2 is 1.49 bits per heavy atom. The molecule has 2 fully saturated rings. The lowest BCUT2D eigenvalue weighted by Crippen LogP contribution is -2.50. The molecule has 2 aliphatic rings. The summed E-state index contributed by atoms with van der Waals surface area (Å²) in [4.78, 5) is 16.0. The number of esters is 1. The number of rotatable bonds is 9. The Morgan fingerprint density at radius 1 is 0.915 bits per heavy atom. The molecule has 2 bridgehead atoms. The third-order valence-corrected chi connectivity index (χ3v) is 11.8. The molecule has 5 rings (SSSR count). The van der Waals surface area contributed by atoms with Crippen molar-refractivity contribution >= 4 is 27.2 Å². The molecular weight excluding hydrogens is 735 g/mol. The molecule has 3 aromatic carbocycles. The molecule has 0 saturated carbocycles. The van der Waals surface area contributed by atoms with E-state index in [9.17, 15) is 31.1 Å². The number of piperidine rings is 1. The van der Waals surface area contributed by atoms with Gasteiger partial charge in [0.25, 0.3) is 0 Å². The minimum absolute atomic E-state index is 0.0120. The zero-order chi connectivity index (χ0) is 34.2. The van der Waals surface area contributed by atoms with Gasteiger partial charge in [-0.3, -0.25) is 9.69 Å². The molecule has 2 aliphatic heterocycles. The topological polar surface area (TPSA) is 38.8 Å². The maximum Gasteiger partial charge on any atom is 0.416 e. The molecular formula is C36H39F6INO3.